The zero-order valence-electron chi connectivity index (χ0n) is 13.7. The molecule has 0 radical (unpaired) electrons. The summed E-state index contributed by atoms with van der Waals surface area (Å²) in [5.41, 5.74) is 5.18. The Morgan fingerprint density at radius 2 is 1.22 bits per heavy atom. The van der Waals surface area contributed by atoms with E-state index in [0.717, 1.165) is 6.42 Å². The molecule has 114 valence electrons. The minimum Gasteiger partial charge on any atom is -0.309 e. The number of hydrogen-bond acceptors (Lipinski definition) is 0. The quantitative estimate of drug-likeness (QED) is 0.438. The summed E-state index contributed by atoms with van der Waals surface area (Å²) in [4.78, 5) is 0. The van der Waals surface area contributed by atoms with Gasteiger partial charge in [0.15, 0.2) is 0 Å². The molecule has 3 aromatic carbocycles. The Morgan fingerprint density at radius 1 is 0.696 bits per heavy atom. The normalized spacial score (nSPS) is 11.6. The van der Waals surface area contributed by atoms with Gasteiger partial charge in [-0.1, -0.05) is 62.4 Å². The van der Waals surface area contributed by atoms with Crippen LogP contribution in [0.25, 0.3) is 27.5 Å². The van der Waals surface area contributed by atoms with Gasteiger partial charge in [-0.3, -0.25) is 0 Å². The molecule has 0 amide bonds. The van der Waals surface area contributed by atoms with Crippen molar-refractivity contribution in [1.82, 2.24) is 4.57 Å². The molecule has 4 aromatic rings. The van der Waals surface area contributed by atoms with E-state index in [0.29, 0.717) is 5.92 Å². The summed E-state index contributed by atoms with van der Waals surface area (Å²) in [5, 5.41) is 2.63. The van der Waals surface area contributed by atoms with Gasteiger partial charge in [-0.25, -0.2) is 0 Å². The molecule has 1 heteroatoms. The fourth-order valence-electron chi connectivity index (χ4n) is 3.45. The van der Waals surface area contributed by atoms with Crippen molar-refractivity contribution in [2.75, 3.05) is 0 Å². The fourth-order valence-corrected chi connectivity index (χ4v) is 3.45. The predicted molar refractivity (Wildman–Crippen MR) is 99.3 cm³/mol. The van der Waals surface area contributed by atoms with Crippen molar-refractivity contribution < 1.29 is 0 Å². The standard InChI is InChI=1S/C22H21N/c1-16(2)15-17-11-13-18(14-12-17)23-21-9-5-3-7-19(21)20-8-4-6-10-22(20)23/h3-14,16H,15H2,1-2H3. The monoisotopic (exact) mass is 299 g/mol. The van der Waals surface area contributed by atoms with Crippen LogP contribution in [0.2, 0.25) is 0 Å². The van der Waals surface area contributed by atoms with E-state index >= 15 is 0 Å². The molecule has 23 heavy (non-hydrogen) atoms. The molecular formula is C22H21N. The van der Waals surface area contributed by atoms with Crippen LogP contribution in [0.15, 0.2) is 72.8 Å². The van der Waals surface area contributed by atoms with Gasteiger partial charge in [-0.05, 0) is 42.2 Å². The van der Waals surface area contributed by atoms with Gasteiger partial charge in [0.2, 0.25) is 0 Å². The maximum Gasteiger partial charge on any atom is 0.0541 e. The second-order valence-electron chi connectivity index (χ2n) is 6.63. The summed E-state index contributed by atoms with van der Waals surface area (Å²) < 4.78 is 2.36. The van der Waals surface area contributed by atoms with Crippen molar-refractivity contribution in [2.45, 2.75) is 20.3 Å². The number of aromatic nitrogens is 1. The number of rotatable bonds is 3. The van der Waals surface area contributed by atoms with Gasteiger partial charge in [0.1, 0.15) is 0 Å². The van der Waals surface area contributed by atoms with Crippen LogP contribution < -0.4 is 0 Å². The number of hydrogen-bond donors (Lipinski definition) is 0. The summed E-state index contributed by atoms with van der Waals surface area (Å²) in [7, 11) is 0. The third kappa shape index (κ3) is 2.43. The van der Waals surface area contributed by atoms with Gasteiger partial charge in [0.25, 0.3) is 0 Å². The van der Waals surface area contributed by atoms with Crippen LogP contribution in [-0.4, -0.2) is 4.57 Å². The smallest absolute Gasteiger partial charge is 0.0541 e. The number of fused-ring (bicyclic) bond motifs is 3. The van der Waals surface area contributed by atoms with E-state index in [9.17, 15) is 0 Å². The lowest BCUT2D eigenvalue weighted by atomic mass is 10.0. The maximum absolute atomic E-state index is 2.36. The summed E-state index contributed by atoms with van der Waals surface area (Å²) in [5.74, 6) is 0.689. The first-order valence-electron chi connectivity index (χ1n) is 8.31. The Labute approximate surface area is 137 Å². The van der Waals surface area contributed by atoms with Gasteiger partial charge in [-0.15, -0.1) is 0 Å². The Balaban J connectivity index is 1.93. The Morgan fingerprint density at radius 3 is 1.74 bits per heavy atom. The molecule has 1 aromatic heterocycles. The molecule has 0 fully saturated rings. The molecule has 0 saturated heterocycles. The van der Waals surface area contributed by atoms with Crippen LogP contribution >= 0.6 is 0 Å². The van der Waals surface area contributed by atoms with Crippen molar-refractivity contribution >= 4 is 21.8 Å². The minimum absolute atomic E-state index is 0.689. The average Bonchev–Trinajstić information content (AvgIpc) is 2.90. The predicted octanol–water partition coefficient (Wildman–Crippen LogP) is 5.98. The largest absolute Gasteiger partial charge is 0.309 e. The van der Waals surface area contributed by atoms with Crippen LogP contribution in [0.1, 0.15) is 19.4 Å². The molecule has 0 unspecified atom stereocenters. The Kier molecular flexibility index (Phi) is 3.42. The highest BCUT2D eigenvalue weighted by Gasteiger charge is 2.11. The maximum atomic E-state index is 2.36. The highest BCUT2D eigenvalue weighted by molar-refractivity contribution is 6.09. The van der Waals surface area contributed by atoms with Crippen LogP contribution in [0, 0.1) is 5.92 Å². The highest BCUT2D eigenvalue weighted by atomic mass is 15.0. The highest BCUT2D eigenvalue weighted by Crippen LogP contribution is 2.31. The first kappa shape index (κ1) is 14.1. The van der Waals surface area contributed by atoms with Crippen LogP contribution in [0.3, 0.4) is 0 Å². The molecule has 0 N–H and O–H groups in total. The summed E-state index contributed by atoms with van der Waals surface area (Å²) in [6.07, 6.45) is 1.13. The van der Waals surface area contributed by atoms with Crippen LogP contribution in [-0.2, 0) is 6.42 Å². The van der Waals surface area contributed by atoms with Gasteiger partial charge in [0.05, 0.1) is 11.0 Å². The lowest BCUT2D eigenvalue weighted by Crippen LogP contribution is -1.96. The van der Waals surface area contributed by atoms with Crippen molar-refractivity contribution in [3.8, 4) is 5.69 Å². The summed E-state index contributed by atoms with van der Waals surface area (Å²) >= 11 is 0. The first-order chi connectivity index (χ1) is 11.2. The van der Waals surface area contributed by atoms with E-state index in [1.165, 1.54) is 33.1 Å². The molecule has 0 aliphatic carbocycles. The minimum atomic E-state index is 0.689. The van der Waals surface area contributed by atoms with E-state index < -0.39 is 0 Å². The van der Waals surface area contributed by atoms with E-state index in [2.05, 4.69) is 91.2 Å². The molecule has 1 nitrogen and oxygen atoms in total. The van der Waals surface area contributed by atoms with Crippen LogP contribution in [0.4, 0.5) is 0 Å². The summed E-state index contributed by atoms with van der Waals surface area (Å²) in [6, 6.07) is 26.3. The lowest BCUT2D eigenvalue weighted by Gasteiger charge is -2.10. The van der Waals surface area contributed by atoms with E-state index in [-0.39, 0.29) is 0 Å². The molecule has 0 aliphatic rings. The molecule has 0 spiro atoms. The molecule has 0 atom stereocenters. The lowest BCUT2D eigenvalue weighted by molar-refractivity contribution is 0.647. The average molecular weight is 299 g/mol. The van der Waals surface area contributed by atoms with Gasteiger partial charge >= 0.3 is 0 Å². The molecule has 1 heterocycles. The molecule has 4 rings (SSSR count). The second-order valence-corrected chi connectivity index (χ2v) is 6.63. The van der Waals surface area contributed by atoms with Gasteiger partial charge in [-0.2, -0.15) is 0 Å². The Bertz CT molecular complexity index is 905. The van der Waals surface area contributed by atoms with Gasteiger partial charge in [0, 0.05) is 16.5 Å². The third-order valence-corrected chi connectivity index (χ3v) is 4.42. The topological polar surface area (TPSA) is 4.93 Å². The van der Waals surface area contributed by atoms with Gasteiger partial charge < -0.3 is 4.57 Å². The van der Waals surface area contributed by atoms with Crippen molar-refractivity contribution in [1.29, 1.82) is 0 Å². The number of para-hydroxylation sites is 2. The van der Waals surface area contributed by atoms with E-state index in [1.807, 2.05) is 0 Å². The zero-order chi connectivity index (χ0) is 15.8. The van der Waals surface area contributed by atoms with Crippen LogP contribution in [0.5, 0.6) is 0 Å². The van der Waals surface area contributed by atoms with Crippen molar-refractivity contribution in [3.63, 3.8) is 0 Å². The zero-order valence-corrected chi connectivity index (χ0v) is 13.7. The molecule has 0 aliphatic heterocycles. The van der Waals surface area contributed by atoms with Crippen molar-refractivity contribution in [3.05, 3.63) is 78.4 Å². The SMILES string of the molecule is CC(C)Cc1ccc(-n2c3ccccc3c3ccccc32)cc1. The second kappa shape index (κ2) is 5.58. The number of benzene rings is 3. The van der Waals surface area contributed by atoms with E-state index in [4.69, 9.17) is 0 Å². The molecular weight excluding hydrogens is 278 g/mol. The van der Waals surface area contributed by atoms with E-state index in [1.54, 1.807) is 0 Å². The molecule has 0 saturated carbocycles. The first-order valence-corrected chi connectivity index (χ1v) is 8.31. The number of nitrogens with zero attached hydrogens (tertiary/aromatic N) is 1. The Hall–Kier alpha value is -2.54. The molecule has 0 bridgehead atoms. The third-order valence-electron chi connectivity index (χ3n) is 4.42. The fraction of sp³-hybridized carbons (Fsp3) is 0.182. The van der Waals surface area contributed by atoms with Crippen molar-refractivity contribution in [2.24, 2.45) is 5.92 Å². The summed E-state index contributed by atoms with van der Waals surface area (Å²) in [6.45, 7) is 4.53.